The minimum atomic E-state index is -1.25. The van der Waals surface area contributed by atoms with Crippen molar-refractivity contribution in [1.29, 1.82) is 0 Å². The molecule has 0 saturated heterocycles. The van der Waals surface area contributed by atoms with Crippen LogP contribution in [0.15, 0.2) is 40.9 Å². The summed E-state index contributed by atoms with van der Waals surface area (Å²) in [6.07, 6.45) is 1.46. The van der Waals surface area contributed by atoms with Crippen LogP contribution < -0.4 is 10.9 Å². The van der Waals surface area contributed by atoms with Crippen molar-refractivity contribution in [2.45, 2.75) is 0 Å². The Kier molecular flexibility index (Phi) is 5.06. The summed E-state index contributed by atoms with van der Waals surface area (Å²) < 4.78 is 0.826. The molecular weight excluding hydrogens is 304 g/mol. The fraction of sp³-hybridized carbons (Fsp3) is 0. The number of aliphatic carboxylic acids is 1. The average Bonchev–Trinajstić information content (AvgIpc) is 2.34. The molecule has 0 spiro atoms. The third-order valence-electron chi connectivity index (χ3n) is 1.78. The van der Waals surface area contributed by atoms with Gasteiger partial charge in [-0.3, -0.25) is 20.4 Å². The summed E-state index contributed by atoms with van der Waals surface area (Å²) >= 11 is 3.22. The average molecular weight is 313 g/mol. The van der Waals surface area contributed by atoms with Gasteiger partial charge in [-0.25, -0.2) is 4.79 Å². The van der Waals surface area contributed by atoms with Crippen LogP contribution in [0.5, 0.6) is 0 Å². The molecule has 3 N–H and O–H groups in total. The molecule has 1 aromatic carbocycles. The van der Waals surface area contributed by atoms with Crippen LogP contribution in [-0.4, -0.2) is 22.9 Å². The summed E-state index contributed by atoms with van der Waals surface area (Å²) in [7, 11) is 0. The zero-order chi connectivity index (χ0) is 13.5. The Hall–Kier alpha value is -2.15. The molecule has 1 rings (SSSR count). The van der Waals surface area contributed by atoms with E-state index in [-0.39, 0.29) is 0 Å². The molecule has 18 heavy (non-hydrogen) atoms. The largest absolute Gasteiger partial charge is 0.478 e. The van der Waals surface area contributed by atoms with E-state index >= 15 is 0 Å². The van der Waals surface area contributed by atoms with Gasteiger partial charge in [0, 0.05) is 22.2 Å². The smallest absolute Gasteiger partial charge is 0.328 e. The first kappa shape index (κ1) is 13.9. The molecule has 0 atom stereocenters. The van der Waals surface area contributed by atoms with Crippen LogP contribution in [-0.2, 0) is 9.59 Å². The van der Waals surface area contributed by atoms with Crippen LogP contribution in [0, 0.1) is 0 Å². The number of carbonyl (C=O) groups excluding carboxylic acids is 2. The van der Waals surface area contributed by atoms with Gasteiger partial charge in [-0.1, -0.05) is 15.9 Å². The van der Waals surface area contributed by atoms with E-state index in [1.807, 2.05) is 0 Å². The van der Waals surface area contributed by atoms with Gasteiger partial charge >= 0.3 is 5.97 Å². The molecule has 0 aromatic heterocycles. The fourth-order valence-electron chi connectivity index (χ4n) is 0.980. The molecule has 0 fully saturated rings. The third-order valence-corrected chi connectivity index (χ3v) is 2.31. The normalized spacial score (nSPS) is 10.1. The van der Waals surface area contributed by atoms with Gasteiger partial charge in [0.1, 0.15) is 0 Å². The zero-order valence-corrected chi connectivity index (χ0v) is 10.6. The second-order valence-electron chi connectivity index (χ2n) is 3.12. The number of nitrogens with one attached hydrogen (secondary N) is 2. The highest BCUT2D eigenvalue weighted by molar-refractivity contribution is 9.10. The van der Waals surface area contributed by atoms with Crippen LogP contribution >= 0.6 is 15.9 Å². The molecule has 6 nitrogen and oxygen atoms in total. The van der Waals surface area contributed by atoms with E-state index in [4.69, 9.17) is 5.11 Å². The first-order valence-corrected chi connectivity index (χ1v) is 5.55. The molecule has 0 aliphatic carbocycles. The lowest BCUT2D eigenvalue weighted by Crippen LogP contribution is -2.40. The van der Waals surface area contributed by atoms with Crippen LogP contribution in [0.4, 0.5) is 0 Å². The van der Waals surface area contributed by atoms with Gasteiger partial charge < -0.3 is 5.11 Å². The highest BCUT2D eigenvalue weighted by Crippen LogP contribution is 2.09. The lowest BCUT2D eigenvalue weighted by atomic mass is 10.2. The SMILES string of the molecule is O=C(O)/C=C/C(=O)NNC(=O)c1ccc(Br)cc1. The van der Waals surface area contributed by atoms with Gasteiger partial charge in [0.15, 0.2) is 0 Å². The van der Waals surface area contributed by atoms with Crippen molar-refractivity contribution in [3.05, 3.63) is 46.5 Å². The van der Waals surface area contributed by atoms with E-state index in [1.54, 1.807) is 24.3 Å². The van der Waals surface area contributed by atoms with Crippen molar-refractivity contribution < 1.29 is 19.5 Å². The molecule has 94 valence electrons. The van der Waals surface area contributed by atoms with Gasteiger partial charge in [-0.2, -0.15) is 0 Å². The molecule has 0 aliphatic rings. The van der Waals surface area contributed by atoms with Crippen molar-refractivity contribution in [3.8, 4) is 0 Å². The minimum absolute atomic E-state index is 0.362. The summed E-state index contributed by atoms with van der Waals surface area (Å²) in [5, 5.41) is 8.29. The number of halogens is 1. The first-order chi connectivity index (χ1) is 8.49. The molecule has 1 aromatic rings. The maximum Gasteiger partial charge on any atom is 0.328 e. The molecule has 0 aliphatic heterocycles. The summed E-state index contributed by atoms with van der Waals surface area (Å²) in [4.78, 5) is 32.7. The predicted octanol–water partition coefficient (Wildman–Crippen LogP) is 0.851. The van der Waals surface area contributed by atoms with Crippen LogP contribution in [0.1, 0.15) is 10.4 Å². The molecule has 0 bridgehead atoms. The number of benzene rings is 1. The number of rotatable bonds is 3. The van der Waals surface area contributed by atoms with E-state index in [0.717, 1.165) is 10.5 Å². The molecule has 2 amide bonds. The van der Waals surface area contributed by atoms with E-state index in [9.17, 15) is 14.4 Å². The van der Waals surface area contributed by atoms with Gasteiger partial charge in [-0.05, 0) is 24.3 Å². The van der Waals surface area contributed by atoms with Crippen molar-refractivity contribution in [2.24, 2.45) is 0 Å². The van der Waals surface area contributed by atoms with E-state index < -0.39 is 17.8 Å². The Morgan fingerprint density at radius 2 is 1.67 bits per heavy atom. The Morgan fingerprint density at radius 1 is 1.06 bits per heavy atom. The molecule has 0 unspecified atom stereocenters. The Labute approximate surface area is 111 Å². The van der Waals surface area contributed by atoms with Crippen LogP contribution in [0.2, 0.25) is 0 Å². The predicted molar refractivity (Wildman–Crippen MR) is 66.5 cm³/mol. The summed E-state index contributed by atoms with van der Waals surface area (Å²) in [6.45, 7) is 0. The van der Waals surface area contributed by atoms with E-state index in [1.165, 1.54) is 0 Å². The van der Waals surface area contributed by atoms with Gasteiger partial charge in [-0.15, -0.1) is 0 Å². The summed E-state index contributed by atoms with van der Waals surface area (Å²) in [5.41, 5.74) is 4.56. The molecular formula is C11H9BrN2O4. The third kappa shape index (κ3) is 4.79. The maximum absolute atomic E-state index is 11.5. The lowest BCUT2D eigenvalue weighted by Gasteiger charge is -2.04. The van der Waals surface area contributed by atoms with Crippen molar-refractivity contribution >= 4 is 33.7 Å². The Bertz CT molecular complexity index is 496. The second kappa shape index (κ2) is 6.55. The molecule has 0 saturated carbocycles. The monoisotopic (exact) mass is 312 g/mol. The van der Waals surface area contributed by atoms with Crippen molar-refractivity contribution in [2.75, 3.05) is 0 Å². The molecule has 7 heteroatoms. The van der Waals surface area contributed by atoms with E-state index in [2.05, 4.69) is 26.8 Å². The zero-order valence-electron chi connectivity index (χ0n) is 9.01. The highest BCUT2D eigenvalue weighted by atomic mass is 79.9. The van der Waals surface area contributed by atoms with Crippen molar-refractivity contribution in [1.82, 2.24) is 10.9 Å². The van der Waals surface area contributed by atoms with Crippen molar-refractivity contribution in [3.63, 3.8) is 0 Å². The Balaban J connectivity index is 2.49. The van der Waals surface area contributed by atoms with Gasteiger partial charge in [0.2, 0.25) is 0 Å². The Morgan fingerprint density at radius 3 is 2.22 bits per heavy atom. The fourth-order valence-corrected chi connectivity index (χ4v) is 1.24. The second-order valence-corrected chi connectivity index (χ2v) is 4.04. The molecule has 0 radical (unpaired) electrons. The number of hydrogen-bond acceptors (Lipinski definition) is 3. The highest BCUT2D eigenvalue weighted by Gasteiger charge is 2.05. The standard InChI is InChI=1S/C11H9BrN2O4/c12-8-3-1-7(2-4-8)11(18)14-13-9(15)5-6-10(16)17/h1-6H,(H,13,15)(H,14,18)(H,16,17)/b6-5+. The maximum atomic E-state index is 11.5. The number of carboxylic acids is 1. The number of hydrazine groups is 1. The number of hydrogen-bond donors (Lipinski definition) is 3. The number of carbonyl (C=O) groups is 3. The van der Waals surface area contributed by atoms with Crippen LogP contribution in [0.25, 0.3) is 0 Å². The number of carboxylic acid groups (broad SMARTS) is 1. The van der Waals surface area contributed by atoms with Gasteiger partial charge in [0.05, 0.1) is 0 Å². The summed E-state index contributed by atoms with van der Waals surface area (Å²) in [6, 6.07) is 6.50. The lowest BCUT2D eigenvalue weighted by molar-refractivity contribution is -0.131. The molecule has 0 heterocycles. The van der Waals surface area contributed by atoms with E-state index in [0.29, 0.717) is 11.6 Å². The minimum Gasteiger partial charge on any atom is -0.478 e. The first-order valence-electron chi connectivity index (χ1n) is 4.76. The van der Waals surface area contributed by atoms with Gasteiger partial charge in [0.25, 0.3) is 11.8 Å². The topological polar surface area (TPSA) is 95.5 Å². The number of amides is 2. The summed E-state index contributed by atoms with van der Waals surface area (Å²) in [5.74, 6) is -2.48. The van der Waals surface area contributed by atoms with Crippen LogP contribution in [0.3, 0.4) is 0 Å². The quantitative estimate of drug-likeness (QED) is 0.569.